The average Bonchev–Trinajstić information content (AvgIpc) is 2.81. The summed E-state index contributed by atoms with van der Waals surface area (Å²) >= 11 is 0. The Hall–Kier alpha value is -1.67. The molecule has 1 atom stereocenters. The second-order valence-electron chi connectivity index (χ2n) is 5.76. The number of nitrogens with zero attached hydrogens (tertiary/aromatic N) is 1. The molecule has 1 N–H and O–H groups in total. The third-order valence-electron chi connectivity index (χ3n) is 4.87. The summed E-state index contributed by atoms with van der Waals surface area (Å²) < 4.78 is 0. The maximum absolute atomic E-state index is 10.7. The highest BCUT2D eigenvalue weighted by atomic mass is 16.3. The molecule has 1 heterocycles. The van der Waals surface area contributed by atoms with Crippen molar-refractivity contribution in [3.05, 3.63) is 53.7 Å². The summed E-state index contributed by atoms with van der Waals surface area (Å²) in [6.07, 6.45) is 2.48. The minimum atomic E-state index is -0.434. The van der Waals surface area contributed by atoms with Crippen molar-refractivity contribution in [2.24, 2.45) is 5.41 Å². The summed E-state index contributed by atoms with van der Waals surface area (Å²) in [5, 5.41) is 10.7. The van der Waals surface area contributed by atoms with E-state index in [0.29, 0.717) is 0 Å². The summed E-state index contributed by atoms with van der Waals surface area (Å²) in [7, 11) is 0. The molecule has 1 aliphatic carbocycles. The standard InChI is InChI=1S/C18H21NO/c1-3-18(4-2)12-14-10-11-15(19-16(14)17(18)20)13-8-6-5-7-9-13/h5-11,17,20H,3-4,12H2,1-2H3/t17-/m1/s1. The van der Waals surface area contributed by atoms with Crippen LogP contribution in [0.2, 0.25) is 0 Å². The van der Waals surface area contributed by atoms with E-state index in [2.05, 4.69) is 38.1 Å². The fourth-order valence-corrected chi connectivity index (χ4v) is 3.31. The van der Waals surface area contributed by atoms with Gasteiger partial charge in [0.05, 0.1) is 11.4 Å². The third-order valence-corrected chi connectivity index (χ3v) is 4.87. The second kappa shape index (κ2) is 5.02. The number of rotatable bonds is 3. The van der Waals surface area contributed by atoms with Crippen LogP contribution in [0.5, 0.6) is 0 Å². The third kappa shape index (κ3) is 1.95. The molecule has 20 heavy (non-hydrogen) atoms. The summed E-state index contributed by atoms with van der Waals surface area (Å²) in [6, 6.07) is 14.4. The monoisotopic (exact) mass is 267 g/mol. The van der Waals surface area contributed by atoms with Crippen LogP contribution >= 0.6 is 0 Å². The van der Waals surface area contributed by atoms with Crippen molar-refractivity contribution >= 4 is 0 Å². The van der Waals surface area contributed by atoms with Gasteiger partial charge in [-0.25, -0.2) is 4.98 Å². The van der Waals surface area contributed by atoms with Gasteiger partial charge in [0.2, 0.25) is 0 Å². The molecule has 0 saturated carbocycles. The van der Waals surface area contributed by atoms with E-state index in [1.807, 2.05) is 18.2 Å². The highest BCUT2D eigenvalue weighted by Crippen LogP contribution is 2.49. The molecule has 2 aromatic rings. The summed E-state index contributed by atoms with van der Waals surface area (Å²) in [5.41, 5.74) is 4.13. The SMILES string of the molecule is CCC1(CC)Cc2ccc(-c3ccccc3)nc2[C@H]1O. The Morgan fingerprint density at radius 2 is 1.80 bits per heavy atom. The fraction of sp³-hybridized carbons (Fsp3) is 0.389. The molecule has 2 heteroatoms. The van der Waals surface area contributed by atoms with Crippen LogP contribution < -0.4 is 0 Å². The molecule has 1 aromatic heterocycles. The Labute approximate surface area is 120 Å². The molecule has 2 nitrogen and oxygen atoms in total. The molecule has 0 saturated heterocycles. The van der Waals surface area contributed by atoms with Gasteiger partial charge in [0.15, 0.2) is 0 Å². The smallest absolute Gasteiger partial charge is 0.102 e. The molecule has 0 radical (unpaired) electrons. The first-order valence-electron chi connectivity index (χ1n) is 7.43. The second-order valence-corrected chi connectivity index (χ2v) is 5.76. The van der Waals surface area contributed by atoms with Gasteiger partial charge < -0.3 is 5.11 Å². The molecular weight excluding hydrogens is 246 g/mol. The predicted molar refractivity (Wildman–Crippen MR) is 81.4 cm³/mol. The van der Waals surface area contributed by atoms with Gasteiger partial charge in [-0.1, -0.05) is 50.2 Å². The molecule has 3 rings (SSSR count). The van der Waals surface area contributed by atoms with Crippen molar-refractivity contribution in [3.63, 3.8) is 0 Å². The maximum atomic E-state index is 10.7. The molecule has 0 aliphatic heterocycles. The maximum Gasteiger partial charge on any atom is 0.102 e. The van der Waals surface area contributed by atoms with Crippen molar-refractivity contribution < 1.29 is 5.11 Å². The van der Waals surface area contributed by atoms with Gasteiger partial charge in [-0.05, 0) is 30.9 Å². The minimum absolute atomic E-state index is 0.0232. The Balaban J connectivity index is 2.03. The number of hydrogen-bond acceptors (Lipinski definition) is 2. The number of aliphatic hydroxyl groups excluding tert-OH is 1. The van der Waals surface area contributed by atoms with Gasteiger partial charge >= 0.3 is 0 Å². The zero-order chi connectivity index (χ0) is 14.2. The number of benzene rings is 1. The zero-order valence-corrected chi connectivity index (χ0v) is 12.1. The Morgan fingerprint density at radius 3 is 2.45 bits per heavy atom. The number of hydrogen-bond donors (Lipinski definition) is 1. The fourth-order valence-electron chi connectivity index (χ4n) is 3.31. The lowest BCUT2D eigenvalue weighted by Crippen LogP contribution is -2.24. The first kappa shape index (κ1) is 13.3. The van der Waals surface area contributed by atoms with Crippen molar-refractivity contribution in [3.8, 4) is 11.3 Å². The van der Waals surface area contributed by atoms with Crippen molar-refractivity contribution in [1.82, 2.24) is 4.98 Å². The van der Waals surface area contributed by atoms with Crippen LogP contribution in [0.4, 0.5) is 0 Å². The van der Waals surface area contributed by atoms with E-state index in [4.69, 9.17) is 4.98 Å². The summed E-state index contributed by atoms with van der Waals surface area (Å²) in [5.74, 6) is 0. The van der Waals surface area contributed by atoms with Crippen LogP contribution in [0.25, 0.3) is 11.3 Å². The van der Waals surface area contributed by atoms with E-state index < -0.39 is 6.10 Å². The Morgan fingerprint density at radius 1 is 1.10 bits per heavy atom. The van der Waals surface area contributed by atoms with E-state index in [-0.39, 0.29) is 5.41 Å². The zero-order valence-electron chi connectivity index (χ0n) is 12.1. The van der Waals surface area contributed by atoms with Crippen molar-refractivity contribution in [2.45, 2.75) is 39.2 Å². The lowest BCUT2D eigenvalue weighted by molar-refractivity contribution is 0.0299. The van der Waals surface area contributed by atoms with E-state index in [1.54, 1.807) is 0 Å². The number of fused-ring (bicyclic) bond motifs is 1. The molecule has 0 bridgehead atoms. The number of aromatic nitrogens is 1. The molecule has 0 spiro atoms. The Bertz CT molecular complexity index is 602. The van der Waals surface area contributed by atoms with Gasteiger partial charge in [0, 0.05) is 11.0 Å². The van der Waals surface area contributed by atoms with Gasteiger partial charge in [-0.3, -0.25) is 0 Å². The molecule has 1 aromatic carbocycles. The van der Waals surface area contributed by atoms with Crippen molar-refractivity contribution in [1.29, 1.82) is 0 Å². The normalized spacial score (nSPS) is 19.9. The topological polar surface area (TPSA) is 33.1 Å². The molecule has 0 amide bonds. The van der Waals surface area contributed by atoms with Gasteiger partial charge in [0.1, 0.15) is 6.10 Å². The average molecular weight is 267 g/mol. The first-order valence-corrected chi connectivity index (χ1v) is 7.43. The lowest BCUT2D eigenvalue weighted by Gasteiger charge is -2.29. The van der Waals surface area contributed by atoms with Gasteiger partial charge in [-0.2, -0.15) is 0 Å². The number of aliphatic hydroxyl groups is 1. The summed E-state index contributed by atoms with van der Waals surface area (Å²) in [6.45, 7) is 4.33. The molecular formula is C18H21NO. The van der Waals surface area contributed by atoms with E-state index in [0.717, 1.165) is 36.2 Å². The lowest BCUT2D eigenvalue weighted by atomic mass is 9.78. The van der Waals surface area contributed by atoms with E-state index >= 15 is 0 Å². The van der Waals surface area contributed by atoms with Crippen molar-refractivity contribution in [2.75, 3.05) is 0 Å². The largest absolute Gasteiger partial charge is 0.386 e. The van der Waals surface area contributed by atoms with Crippen LogP contribution in [0, 0.1) is 5.41 Å². The highest BCUT2D eigenvalue weighted by Gasteiger charge is 2.43. The van der Waals surface area contributed by atoms with Gasteiger partial charge in [-0.15, -0.1) is 0 Å². The van der Waals surface area contributed by atoms with E-state index in [1.165, 1.54) is 5.56 Å². The van der Waals surface area contributed by atoms with Crippen LogP contribution in [0.3, 0.4) is 0 Å². The Kier molecular flexibility index (Phi) is 3.35. The van der Waals surface area contributed by atoms with Crippen LogP contribution in [-0.2, 0) is 6.42 Å². The van der Waals surface area contributed by atoms with Crippen LogP contribution in [-0.4, -0.2) is 10.1 Å². The molecule has 0 unspecified atom stereocenters. The van der Waals surface area contributed by atoms with E-state index in [9.17, 15) is 5.11 Å². The first-order chi connectivity index (χ1) is 9.70. The molecule has 1 aliphatic rings. The van der Waals surface area contributed by atoms with Crippen LogP contribution in [0.15, 0.2) is 42.5 Å². The molecule has 0 fully saturated rings. The predicted octanol–water partition coefficient (Wildman–Crippen LogP) is 4.14. The van der Waals surface area contributed by atoms with Crippen LogP contribution in [0.1, 0.15) is 44.1 Å². The number of pyridine rings is 1. The summed E-state index contributed by atoms with van der Waals surface area (Å²) in [4.78, 5) is 4.75. The quantitative estimate of drug-likeness (QED) is 0.906. The highest BCUT2D eigenvalue weighted by molar-refractivity contribution is 5.60. The minimum Gasteiger partial charge on any atom is -0.386 e. The van der Waals surface area contributed by atoms with Gasteiger partial charge in [0.25, 0.3) is 0 Å². The molecule has 104 valence electrons.